The third kappa shape index (κ3) is 5.53. The monoisotopic (exact) mass is 404 g/mol. The molecule has 1 fully saturated rings. The van der Waals surface area contributed by atoms with E-state index >= 15 is 0 Å². The molecule has 2 aromatic rings. The summed E-state index contributed by atoms with van der Waals surface area (Å²) in [6.07, 6.45) is 1.54. The number of likely N-dealkylation sites (tertiary alicyclic amines) is 1. The van der Waals surface area contributed by atoms with Crippen molar-refractivity contribution >= 4 is 17.3 Å². The molecular formula is C21H29FN4OS. The molecule has 0 spiro atoms. The van der Waals surface area contributed by atoms with Gasteiger partial charge in [-0.1, -0.05) is 24.3 Å². The molecule has 0 radical (unpaired) electrons. The number of rotatable bonds is 8. The standard InChI is InChI=1S/C21H29FN4OS/c1-2-23-21(25-15-19(27)16-8-3-4-9-17(16)22)24-14-18(20-10-7-13-28-20)26-11-5-6-12-26/h3-4,7-10,13,18-19,27H,2,5-6,11-12,14-15H2,1H3,(H2,23,24,25). The fourth-order valence-electron chi connectivity index (χ4n) is 3.49. The number of nitrogens with zero attached hydrogens (tertiary/aromatic N) is 2. The largest absolute Gasteiger partial charge is 0.386 e. The van der Waals surface area contributed by atoms with E-state index in [4.69, 9.17) is 4.99 Å². The maximum absolute atomic E-state index is 13.9. The van der Waals surface area contributed by atoms with Crippen LogP contribution >= 0.6 is 11.3 Å². The zero-order valence-electron chi connectivity index (χ0n) is 16.3. The van der Waals surface area contributed by atoms with E-state index in [0.717, 1.165) is 19.6 Å². The first-order valence-corrected chi connectivity index (χ1v) is 10.8. The first kappa shape index (κ1) is 20.8. The predicted molar refractivity (Wildman–Crippen MR) is 113 cm³/mol. The van der Waals surface area contributed by atoms with E-state index in [1.807, 2.05) is 6.92 Å². The Morgan fingerprint density at radius 3 is 2.68 bits per heavy atom. The van der Waals surface area contributed by atoms with Crippen molar-refractivity contribution in [1.29, 1.82) is 0 Å². The van der Waals surface area contributed by atoms with E-state index < -0.39 is 11.9 Å². The van der Waals surface area contributed by atoms with Crippen molar-refractivity contribution in [2.24, 2.45) is 4.99 Å². The number of aliphatic hydroxyl groups excluding tert-OH is 1. The van der Waals surface area contributed by atoms with Gasteiger partial charge in [-0.3, -0.25) is 9.89 Å². The van der Waals surface area contributed by atoms with Crippen molar-refractivity contribution in [3.8, 4) is 0 Å². The molecule has 28 heavy (non-hydrogen) atoms. The third-order valence-corrected chi connectivity index (χ3v) is 5.92. The van der Waals surface area contributed by atoms with Crippen LogP contribution in [0.5, 0.6) is 0 Å². The molecule has 1 aliphatic heterocycles. The molecule has 3 rings (SSSR count). The molecule has 0 aliphatic carbocycles. The lowest BCUT2D eigenvalue weighted by molar-refractivity contribution is 0.176. The van der Waals surface area contributed by atoms with Gasteiger partial charge in [-0.05, 0) is 50.4 Å². The molecule has 1 aromatic heterocycles. The maximum Gasteiger partial charge on any atom is 0.191 e. The van der Waals surface area contributed by atoms with Crippen LogP contribution in [-0.2, 0) is 0 Å². The van der Waals surface area contributed by atoms with E-state index in [-0.39, 0.29) is 12.6 Å². The number of aliphatic imine (C=N–C) groups is 1. The van der Waals surface area contributed by atoms with Gasteiger partial charge in [-0.25, -0.2) is 4.39 Å². The molecule has 2 atom stereocenters. The van der Waals surface area contributed by atoms with Crippen LogP contribution in [0.15, 0.2) is 46.8 Å². The van der Waals surface area contributed by atoms with Crippen LogP contribution in [0.3, 0.4) is 0 Å². The highest BCUT2D eigenvalue weighted by atomic mass is 32.1. The minimum atomic E-state index is -0.934. The highest BCUT2D eigenvalue weighted by Crippen LogP contribution is 2.28. The molecule has 0 saturated carbocycles. The summed E-state index contributed by atoms with van der Waals surface area (Å²) in [5, 5.41) is 18.8. The summed E-state index contributed by atoms with van der Waals surface area (Å²) in [6, 6.07) is 10.8. The summed E-state index contributed by atoms with van der Waals surface area (Å²) in [5.74, 6) is 0.240. The molecule has 0 bridgehead atoms. The topological polar surface area (TPSA) is 59.9 Å². The minimum absolute atomic E-state index is 0.195. The van der Waals surface area contributed by atoms with Crippen molar-refractivity contribution in [2.75, 3.05) is 32.7 Å². The van der Waals surface area contributed by atoms with Crippen molar-refractivity contribution in [2.45, 2.75) is 31.9 Å². The van der Waals surface area contributed by atoms with Gasteiger partial charge in [0.1, 0.15) is 5.82 Å². The van der Waals surface area contributed by atoms with Gasteiger partial charge >= 0.3 is 0 Å². The lowest BCUT2D eigenvalue weighted by atomic mass is 10.1. The Morgan fingerprint density at radius 1 is 1.21 bits per heavy atom. The van der Waals surface area contributed by atoms with Crippen molar-refractivity contribution < 1.29 is 9.50 Å². The quantitative estimate of drug-likeness (QED) is 0.467. The lowest BCUT2D eigenvalue weighted by Crippen LogP contribution is -2.40. The second-order valence-corrected chi connectivity index (χ2v) is 7.89. The molecule has 1 saturated heterocycles. The Hall–Kier alpha value is -1.96. The Balaban J connectivity index is 1.64. The van der Waals surface area contributed by atoms with Gasteiger partial charge in [-0.2, -0.15) is 0 Å². The van der Waals surface area contributed by atoms with Gasteiger partial charge < -0.3 is 15.7 Å². The highest BCUT2D eigenvalue weighted by Gasteiger charge is 2.24. The fraction of sp³-hybridized carbons (Fsp3) is 0.476. The molecule has 2 heterocycles. The zero-order chi connectivity index (χ0) is 19.8. The SMILES string of the molecule is CCNC(=NCC(c1cccs1)N1CCCC1)NCC(O)c1ccccc1F. The number of halogens is 1. The average Bonchev–Trinajstić information content (AvgIpc) is 3.41. The highest BCUT2D eigenvalue weighted by molar-refractivity contribution is 7.10. The smallest absolute Gasteiger partial charge is 0.191 e. The predicted octanol–water partition coefficient (Wildman–Crippen LogP) is 3.31. The first-order chi connectivity index (χ1) is 13.7. The summed E-state index contributed by atoms with van der Waals surface area (Å²) < 4.78 is 13.9. The number of benzene rings is 1. The van der Waals surface area contributed by atoms with Crippen LogP contribution < -0.4 is 10.6 Å². The van der Waals surface area contributed by atoms with Gasteiger partial charge in [0, 0.05) is 23.5 Å². The third-order valence-electron chi connectivity index (χ3n) is 4.95. The van der Waals surface area contributed by atoms with Crippen molar-refractivity contribution in [3.63, 3.8) is 0 Å². The summed E-state index contributed by atoms with van der Waals surface area (Å²) in [4.78, 5) is 8.58. The maximum atomic E-state index is 13.9. The summed E-state index contributed by atoms with van der Waals surface area (Å²) in [5.41, 5.74) is 0.291. The number of aliphatic hydroxyl groups is 1. The van der Waals surface area contributed by atoms with Crippen LogP contribution in [-0.4, -0.2) is 48.7 Å². The molecule has 1 aliphatic rings. The second kappa shape index (κ2) is 10.5. The van der Waals surface area contributed by atoms with E-state index in [0.29, 0.717) is 18.1 Å². The molecule has 5 nitrogen and oxygen atoms in total. The lowest BCUT2D eigenvalue weighted by Gasteiger charge is -2.25. The number of hydrogen-bond donors (Lipinski definition) is 3. The molecule has 3 N–H and O–H groups in total. The van der Waals surface area contributed by atoms with Crippen LogP contribution in [0.2, 0.25) is 0 Å². The van der Waals surface area contributed by atoms with Crippen LogP contribution in [0.1, 0.15) is 42.4 Å². The second-order valence-electron chi connectivity index (χ2n) is 6.91. The Kier molecular flexibility index (Phi) is 7.82. The first-order valence-electron chi connectivity index (χ1n) is 9.91. The average molecular weight is 405 g/mol. The van der Waals surface area contributed by atoms with E-state index in [9.17, 15) is 9.50 Å². The number of hydrogen-bond acceptors (Lipinski definition) is 4. The number of nitrogens with one attached hydrogen (secondary N) is 2. The van der Waals surface area contributed by atoms with Crippen LogP contribution in [0.4, 0.5) is 4.39 Å². The van der Waals surface area contributed by atoms with Gasteiger partial charge in [0.25, 0.3) is 0 Å². The molecule has 1 aromatic carbocycles. The molecule has 2 unspecified atom stereocenters. The Bertz CT molecular complexity index is 747. The van der Waals surface area contributed by atoms with Crippen molar-refractivity contribution in [3.05, 3.63) is 58.0 Å². The van der Waals surface area contributed by atoms with Gasteiger partial charge in [-0.15, -0.1) is 11.3 Å². The Morgan fingerprint density at radius 2 is 2.00 bits per heavy atom. The van der Waals surface area contributed by atoms with Crippen LogP contribution in [0.25, 0.3) is 0 Å². The summed E-state index contributed by atoms with van der Waals surface area (Å²) in [7, 11) is 0. The summed E-state index contributed by atoms with van der Waals surface area (Å²) in [6.45, 7) is 5.77. The van der Waals surface area contributed by atoms with Gasteiger partial charge in [0.05, 0.1) is 18.7 Å². The van der Waals surface area contributed by atoms with E-state index in [2.05, 4.69) is 33.0 Å². The number of guanidine groups is 1. The van der Waals surface area contributed by atoms with Gasteiger partial charge in [0.2, 0.25) is 0 Å². The van der Waals surface area contributed by atoms with E-state index in [1.54, 1.807) is 29.5 Å². The molecule has 0 amide bonds. The minimum Gasteiger partial charge on any atom is -0.386 e. The van der Waals surface area contributed by atoms with E-state index in [1.165, 1.54) is 23.8 Å². The molecule has 7 heteroatoms. The number of thiophene rings is 1. The summed E-state index contributed by atoms with van der Waals surface area (Å²) >= 11 is 1.77. The molecule has 152 valence electrons. The van der Waals surface area contributed by atoms with Crippen molar-refractivity contribution in [1.82, 2.24) is 15.5 Å². The normalized spacial score (nSPS) is 17.5. The zero-order valence-corrected chi connectivity index (χ0v) is 17.1. The molecular weight excluding hydrogens is 375 g/mol. The van der Waals surface area contributed by atoms with Crippen LogP contribution in [0, 0.1) is 5.82 Å². The Labute approximate surface area is 170 Å². The fourth-order valence-corrected chi connectivity index (χ4v) is 4.34. The van der Waals surface area contributed by atoms with Gasteiger partial charge in [0.15, 0.2) is 5.96 Å².